The number of rotatable bonds is 6. The summed E-state index contributed by atoms with van der Waals surface area (Å²) in [5.74, 6) is -0.132. The molecule has 5 heterocycles. The van der Waals surface area contributed by atoms with Crippen molar-refractivity contribution in [2.45, 2.75) is 126 Å². The molecule has 11 nitrogen and oxygen atoms in total. The normalized spacial score (nSPS) is 28.9. The standard InChI is InChI=1S/C12H17NO2.C12H17NO.C6H11NO2.C5H11NO.C5H11N/c1-12(15,9-5-3-2-4-6-9)11-7-10(14)8-13-11;1-12(14,11-8-5-9-13-11)10-6-3-2-4-7-10;1-9-6(8)5-3-2-4-7-5;7-4-5-2-1-3-6-5;1-5-3-2-4-6-5/h2-6,10-11,13-15H,7-8H2,1H3;2-4,6-7,11,13-14H,5,8-9H2,1H3;5,7H,2-4H2,1H3;5-7H,1-4H2;5-6H,2-4H2,1H3/t10-,11+,12?;11-,12?;3*5-/m10001/s1. The zero-order valence-corrected chi connectivity index (χ0v) is 31.4. The van der Waals surface area contributed by atoms with E-state index in [2.05, 4.69) is 38.2 Å². The highest BCUT2D eigenvalue weighted by Crippen LogP contribution is 2.30. The van der Waals surface area contributed by atoms with E-state index in [0.717, 1.165) is 68.9 Å². The maximum absolute atomic E-state index is 10.7. The van der Waals surface area contributed by atoms with Crippen LogP contribution in [-0.4, -0.2) is 109 Å². The van der Waals surface area contributed by atoms with Crippen LogP contribution in [0.3, 0.4) is 0 Å². The van der Waals surface area contributed by atoms with Gasteiger partial charge in [0.2, 0.25) is 0 Å². The Kier molecular flexibility index (Phi) is 19.0. The molecule has 0 saturated carbocycles. The van der Waals surface area contributed by atoms with Gasteiger partial charge in [0.05, 0.1) is 19.8 Å². The van der Waals surface area contributed by atoms with Gasteiger partial charge in [0.15, 0.2) is 0 Å². The number of esters is 1. The minimum absolute atomic E-state index is 0.0324. The van der Waals surface area contributed by atoms with Gasteiger partial charge in [0, 0.05) is 30.7 Å². The molecule has 5 fully saturated rings. The molecule has 5 aliphatic rings. The molecule has 7 rings (SSSR count). The summed E-state index contributed by atoms with van der Waals surface area (Å²) >= 11 is 0. The molecular weight excluding hydrogens is 646 g/mol. The van der Waals surface area contributed by atoms with Crippen LogP contribution in [0, 0.1) is 0 Å². The van der Waals surface area contributed by atoms with Gasteiger partial charge in [-0.05, 0) is 116 Å². The molecule has 8 atom stereocenters. The molecule has 0 spiro atoms. The van der Waals surface area contributed by atoms with Crippen LogP contribution in [0.25, 0.3) is 0 Å². The van der Waals surface area contributed by atoms with Crippen molar-refractivity contribution < 1.29 is 30.0 Å². The van der Waals surface area contributed by atoms with Gasteiger partial charge in [0.1, 0.15) is 17.2 Å². The molecule has 51 heavy (non-hydrogen) atoms. The number of carbonyl (C=O) groups is 1. The quantitative estimate of drug-likeness (QED) is 0.202. The lowest BCUT2D eigenvalue weighted by atomic mass is 9.87. The number of carbonyl (C=O) groups excluding carboxylic acids is 1. The number of aliphatic hydroxyl groups is 4. The van der Waals surface area contributed by atoms with Crippen molar-refractivity contribution in [3.05, 3.63) is 71.8 Å². The molecule has 288 valence electrons. The second-order valence-electron chi connectivity index (χ2n) is 14.7. The number of hydrogen-bond acceptors (Lipinski definition) is 11. The second-order valence-corrected chi connectivity index (χ2v) is 14.7. The largest absolute Gasteiger partial charge is 0.468 e. The fourth-order valence-corrected chi connectivity index (χ4v) is 7.06. The first-order chi connectivity index (χ1) is 24.5. The van der Waals surface area contributed by atoms with Gasteiger partial charge in [0.25, 0.3) is 0 Å². The van der Waals surface area contributed by atoms with Crippen molar-refractivity contribution in [2.75, 3.05) is 46.4 Å². The first kappa shape index (κ1) is 43.0. The molecule has 0 amide bonds. The molecule has 5 aliphatic heterocycles. The Bertz CT molecular complexity index is 1200. The van der Waals surface area contributed by atoms with E-state index in [0.29, 0.717) is 25.6 Å². The Balaban J connectivity index is 0.000000180. The number of β-amino-alcohol motifs (C(OH)–C–C–N with tert-alkyl or cyclic N) is 1. The smallest absolute Gasteiger partial charge is 0.322 e. The van der Waals surface area contributed by atoms with E-state index in [9.17, 15) is 20.1 Å². The van der Waals surface area contributed by atoms with Crippen LogP contribution in [0.15, 0.2) is 60.7 Å². The van der Waals surface area contributed by atoms with Gasteiger partial charge in [-0.2, -0.15) is 0 Å². The molecule has 0 radical (unpaired) electrons. The number of methoxy groups -OCH3 is 1. The van der Waals surface area contributed by atoms with Crippen LogP contribution in [-0.2, 0) is 20.7 Å². The molecule has 0 aliphatic carbocycles. The fourth-order valence-electron chi connectivity index (χ4n) is 7.06. The van der Waals surface area contributed by atoms with Crippen LogP contribution < -0.4 is 26.6 Å². The summed E-state index contributed by atoms with van der Waals surface area (Å²) in [5.41, 5.74) is 0.229. The SMILES string of the molecule is CC(O)(c1ccccc1)[C@@H]1CCCN1.CC(O)(c1ccccc1)[C@@H]1C[C@@H](O)CN1.COC(=O)[C@@H]1CCCN1.C[C@@H]1CCCN1.OC[C@@H]1CCCN1. The molecule has 0 aromatic heterocycles. The summed E-state index contributed by atoms with van der Waals surface area (Å²) in [4.78, 5) is 10.7. The van der Waals surface area contributed by atoms with Crippen molar-refractivity contribution in [3.8, 4) is 0 Å². The minimum Gasteiger partial charge on any atom is -0.468 e. The maximum atomic E-state index is 10.7. The number of ether oxygens (including phenoxy) is 1. The highest BCUT2D eigenvalue weighted by atomic mass is 16.5. The summed E-state index contributed by atoms with van der Waals surface area (Å²) in [6, 6.07) is 20.7. The maximum Gasteiger partial charge on any atom is 0.322 e. The molecule has 2 unspecified atom stereocenters. The summed E-state index contributed by atoms with van der Waals surface area (Å²) in [7, 11) is 1.42. The highest BCUT2D eigenvalue weighted by molar-refractivity contribution is 5.75. The highest BCUT2D eigenvalue weighted by Gasteiger charge is 2.38. The van der Waals surface area contributed by atoms with E-state index in [1.54, 1.807) is 6.92 Å². The molecule has 9 N–H and O–H groups in total. The molecule has 5 saturated heterocycles. The summed E-state index contributed by atoms with van der Waals surface area (Å²) in [6.07, 6.45) is 9.61. The summed E-state index contributed by atoms with van der Waals surface area (Å²) in [6.45, 7) is 11.1. The van der Waals surface area contributed by atoms with E-state index in [-0.39, 0.29) is 30.2 Å². The zero-order chi connectivity index (χ0) is 37.1. The number of benzene rings is 2. The monoisotopic (exact) mass is 714 g/mol. The Morgan fingerprint density at radius 1 is 0.725 bits per heavy atom. The van der Waals surface area contributed by atoms with E-state index in [1.807, 2.05) is 67.6 Å². The van der Waals surface area contributed by atoms with Crippen molar-refractivity contribution in [3.63, 3.8) is 0 Å². The van der Waals surface area contributed by atoms with Crippen molar-refractivity contribution in [1.82, 2.24) is 26.6 Å². The first-order valence-electron chi connectivity index (χ1n) is 19.1. The Morgan fingerprint density at radius 3 is 1.63 bits per heavy atom. The topological polar surface area (TPSA) is 167 Å². The molecule has 0 bridgehead atoms. The third-order valence-corrected chi connectivity index (χ3v) is 10.5. The predicted octanol–water partition coefficient (Wildman–Crippen LogP) is 2.66. The van der Waals surface area contributed by atoms with Crippen LogP contribution in [0.5, 0.6) is 0 Å². The minimum atomic E-state index is -0.918. The second kappa shape index (κ2) is 22.6. The number of hydrogen-bond donors (Lipinski definition) is 9. The summed E-state index contributed by atoms with van der Waals surface area (Å²) in [5, 5.41) is 54.8. The van der Waals surface area contributed by atoms with Gasteiger partial charge >= 0.3 is 5.97 Å². The van der Waals surface area contributed by atoms with E-state index in [4.69, 9.17) is 5.11 Å². The van der Waals surface area contributed by atoms with E-state index in [1.165, 1.54) is 32.9 Å². The van der Waals surface area contributed by atoms with E-state index >= 15 is 0 Å². The van der Waals surface area contributed by atoms with Crippen LogP contribution in [0.2, 0.25) is 0 Å². The van der Waals surface area contributed by atoms with Gasteiger partial charge in [-0.3, -0.25) is 4.79 Å². The average molecular weight is 714 g/mol. The fraction of sp³-hybridized carbons (Fsp3) is 0.675. The molecule has 2 aromatic carbocycles. The molecule has 11 heteroatoms. The van der Waals surface area contributed by atoms with Crippen LogP contribution in [0.4, 0.5) is 0 Å². The van der Waals surface area contributed by atoms with E-state index < -0.39 is 11.2 Å². The lowest BCUT2D eigenvalue weighted by molar-refractivity contribution is -0.142. The lowest BCUT2D eigenvalue weighted by Gasteiger charge is -2.30. The predicted molar refractivity (Wildman–Crippen MR) is 203 cm³/mol. The number of nitrogens with one attached hydrogen (secondary N) is 5. The third-order valence-electron chi connectivity index (χ3n) is 10.5. The van der Waals surface area contributed by atoms with Crippen LogP contribution >= 0.6 is 0 Å². The van der Waals surface area contributed by atoms with Crippen molar-refractivity contribution in [2.24, 2.45) is 0 Å². The number of aliphatic hydroxyl groups excluding tert-OH is 2. The lowest BCUT2D eigenvalue weighted by Crippen LogP contribution is -2.42. The Hall–Kier alpha value is -2.45. The van der Waals surface area contributed by atoms with Gasteiger partial charge < -0.3 is 51.7 Å². The first-order valence-corrected chi connectivity index (χ1v) is 19.1. The van der Waals surface area contributed by atoms with Crippen LogP contribution in [0.1, 0.15) is 89.7 Å². The van der Waals surface area contributed by atoms with Gasteiger partial charge in [-0.25, -0.2) is 0 Å². The van der Waals surface area contributed by atoms with Gasteiger partial charge in [-0.15, -0.1) is 0 Å². The third kappa shape index (κ3) is 14.5. The average Bonchev–Trinajstić information content (AvgIpc) is 4.00. The Morgan fingerprint density at radius 2 is 1.25 bits per heavy atom. The summed E-state index contributed by atoms with van der Waals surface area (Å²) < 4.78 is 4.53. The molecule has 2 aromatic rings. The zero-order valence-electron chi connectivity index (χ0n) is 31.4. The molecular formula is C40H67N5O6. The Labute approximate surface area is 306 Å². The van der Waals surface area contributed by atoms with Gasteiger partial charge in [-0.1, -0.05) is 60.7 Å². The van der Waals surface area contributed by atoms with Crippen molar-refractivity contribution in [1.29, 1.82) is 0 Å². The van der Waals surface area contributed by atoms with Crippen molar-refractivity contribution >= 4 is 5.97 Å².